The molecular formula is C17H27N3O. The lowest BCUT2D eigenvalue weighted by Crippen LogP contribution is -2.53. The molecule has 0 N–H and O–H groups in total. The normalized spacial score (nSPS) is 28.5. The lowest BCUT2D eigenvalue weighted by Gasteiger charge is -2.39. The predicted octanol–water partition coefficient (Wildman–Crippen LogP) is 1.85. The molecule has 0 radical (unpaired) electrons. The number of amides is 1. The molecule has 4 heteroatoms. The maximum absolute atomic E-state index is 12.7. The highest BCUT2D eigenvalue weighted by Crippen LogP contribution is 2.25. The van der Waals surface area contributed by atoms with Gasteiger partial charge in [-0.3, -0.25) is 14.6 Å². The minimum atomic E-state index is 0.107. The van der Waals surface area contributed by atoms with Crippen LogP contribution < -0.4 is 0 Å². The number of allylic oxidation sites excluding steroid dienone is 3. The maximum atomic E-state index is 12.7. The van der Waals surface area contributed by atoms with Gasteiger partial charge in [-0.25, -0.2) is 0 Å². The third kappa shape index (κ3) is 3.06. The zero-order valence-electron chi connectivity index (χ0n) is 13.3. The van der Waals surface area contributed by atoms with Crippen molar-refractivity contribution in [3.8, 4) is 0 Å². The summed E-state index contributed by atoms with van der Waals surface area (Å²) in [6.07, 6.45) is 9.64. The second-order valence-electron chi connectivity index (χ2n) is 6.57. The summed E-state index contributed by atoms with van der Waals surface area (Å²) in [5, 5.41) is 0. The van der Waals surface area contributed by atoms with E-state index in [0.29, 0.717) is 11.9 Å². The first-order valence-corrected chi connectivity index (χ1v) is 8.33. The van der Waals surface area contributed by atoms with Gasteiger partial charge in [0, 0.05) is 44.5 Å². The van der Waals surface area contributed by atoms with E-state index < -0.39 is 0 Å². The molecule has 0 aromatic carbocycles. The monoisotopic (exact) mass is 289 g/mol. The third-order valence-corrected chi connectivity index (χ3v) is 4.98. The van der Waals surface area contributed by atoms with Crippen LogP contribution in [-0.4, -0.2) is 65.4 Å². The van der Waals surface area contributed by atoms with Crippen molar-refractivity contribution in [2.24, 2.45) is 0 Å². The van der Waals surface area contributed by atoms with Gasteiger partial charge < -0.3 is 4.90 Å². The summed E-state index contributed by atoms with van der Waals surface area (Å²) >= 11 is 0. The minimum Gasteiger partial charge on any atom is -0.311 e. The number of likely N-dealkylation sites (tertiary alicyclic amines) is 1. The van der Waals surface area contributed by atoms with Gasteiger partial charge in [0.15, 0.2) is 0 Å². The molecule has 3 rings (SSSR count). The van der Waals surface area contributed by atoms with Crippen LogP contribution in [0.5, 0.6) is 0 Å². The van der Waals surface area contributed by atoms with Gasteiger partial charge in [-0.1, -0.05) is 12.2 Å². The molecule has 2 heterocycles. The summed E-state index contributed by atoms with van der Waals surface area (Å²) in [6.45, 7) is 9.60. The van der Waals surface area contributed by atoms with Gasteiger partial charge in [0.25, 0.3) is 0 Å². The first kappa shape index (κ1) is 14.8. The van der Waals surface area contributed by atoms with Crippen molar-refractivity contribution in [2.45, 2.75) is 45.2 Å². The summed E-state index contributed by atoms with van der Waals surface area (Å²) in [4.78, 5) is 19.6. The molecule has 0 aromatic rings. The van der Waals surface area contributed by atoms with E-state index >= 15 is 0 Å². The number of carbonyl (C=O) groups is 1. The predicted molar refractivity (Wildman–Crippen MR) is 84.9 cm³/mol. The van der Waals surface area contributed by atoms with Gasteiger partial charge in [0.1, 0.15) is 0 Å². The lowest BCUT2D eigenvalue weighted by molar-refractivity contribution is -0.131. The van der Waals surface area contributed by atoms with E-state index in [0.717, 1.165) is 57.7 Å². The van der Waals surface area contributed by atoms with E-state index in [9.17, 15) is 4.79 Å². The quantitative estimate of drug-likeness (QED) is 0.793. The summed E-state index contributed by atoms with van der Waals surface area (Å²) in [7, 11) is 0. The molecule has 1 unspecified atom stereocenters. The fraction of sp³-hybridized carbons (Fsp3) is 0.706. The second-order valence-corrected chi connectivity index (χ2v) is 6.57. The Morgan fingerprint density at radius 1 is 1.10 bits per heavy atom. The fourth-order valence-electron chi connectivity index (χ4n) is 3.63. The van der Waals surface area contributed by atoms with E-state index in [-0.39, 0.29) is 6.04 Å². The van der Waals surface area contributed by atoms with Crippen molar-refractivity contribution in [3.05, 3.63) is 23.9 Å². The van der Waals surface area contributed by atoms with Crippen LogP contribution in [0.25, 0.3) is 0 Å². The number of carbonyl (C=O) groups excluding carboxylic acids is 1. The standard InChI is InChI=1S/C17H27N3O/c1-14(2)18-10-12-19(13-11-18)16-8-9-20(17(16)21)15-6-4-3-5-7-15/h4,6-7,14,16H,3,5,8-13H2,1-2H3. The molecule has 3 aliphatic rings. The van der Waals surface area contributed by atoms with Gasteiger partial charge in [-0.15, -0.1) is 0 Å². The number of hydrogen-bond donors (Lipinski definition) is 0. The largest absolute Gasteiger partial charge is 0.311 e. The summed E-state index contributed by atoms with van der Waals surface area (Å²) in [5.41, 5.74) is 1.12. The molecule has 2 aliphatic heterocycles. The summed E-state index contributed by atoms with van der Waals surface area (Å²) in [6, 6.07) is 0.719. The van der Waals surface area contributed by atoms with Gasteiger partial charge in [0.2, 0.25) is 5.91 Å². The van der Waals surface area contributed by atoms with E-state index in [2.05, 4.69) is 41.9 Å². The van der Waals surface area contributed by atoms with Crippen LogP contribution in [0, 0.1) is 0 Å². The van der Waals surface area contributed by atoms with Gasteiger partial charge in [-0.2, -0.15) is 0 Å². The van der Waals surface area contributed by atoms with Crippen LogP contribution in [0.1, 0.15) is 33.1 Å². The van der Waals surface area contributed by atoms with Crippen LogP contribution in [0.3, 0.4) is 0 Å². The van der Waals surface area contributed by atoms with Crippen molar-refractivity contribution in [1.29, 1.82) is 0 Å². The van der Waals surface area contributed by atoms with Crippen molar-refractivity contribution in [1.82, 2.24) is 14.7 Å². The highest BCUT2D eigenvalue weighted by atomic mass is 16.2. The zero-order chi connectivity index (χ0) is 14.8. The van der Waals surface area contributed by atoms with Crippen molar-refractivity contribution < 1.29 is 4.79 Å². The molecule has 1 amide bonds. The Balaban J connectivity index is 1.60. The molecule has 21 heavy (non-hydrogen) atoms. The van der Waals surface area contributed by atoms with E-state index in [1.54, 1.807) is 0 Å². The van der Waals surface area contributed by atoms with Gasteiger partial charge in [-0.05, 0) is 39.2 Å². The van der Waals surface area contributed by atoms with E-state index in [4.69, 9.17) is 0 Å². The van der Waals surface area contributed by atoms with Crippen molar-refractivity contribution in [2.75, 3.05) is 32.7 Å². The molecule has 2 saturated heterocycles. The van der Waals surface area contributed by atoms with Crippen molar-refractivity contribution in [3.63, 3.8) is 0 Å². The topological polar surface area (TPSA) is 26.8 Å². The van der Waals surface area contributed by atoms with Gasteiger partial charge in [0.05, 0.1) is 6.04 Å². The van der Waals surface area contributed by atoms with E-state index in [1.165, 1.54) is 0 Å². The highest BCUT2D eigenvalue weighted by Gasteiger charge is 2.38. The highest BCUT2D eigenvalue weighted by molar-refractivity contribution is 5.86. The number of piperazine rings is 1. The molecular weight excluding hydrogens is 262 g/mol. The molecule has 0 saturated carbocycles. The Morgan fingerprint density at radius 3 is 2.48 bits per heavy atom. The molecule has 4 nitrogen and oxygen atoms in total. The van der Waals surface area contributed by atoms with E-state index in [1.807, 2.05) is 4.90 Å². The Kier molecular flexibility index (Phi) is 4.45. The SMILES string of the molecule is CC(C)N1CCN(C2CCN(C3=CCCC=C3)C2=O)CC1. The van der Waals surface area contributed by atoms with Gasteiger partial charge >= 0.3 is 0 Å². The molecule has 1 aliphatic carbocycles. The van der Waals surface area contributed by atoms with Crippen LogP contribution >= 0.6 is 0 Å². The fourth-order valence-corrected chi connectivity index (χ4v) is 3.63. The molecule has 2 fully saturated rings. The molecule has 1 atom stereocenters. The number of rotatable bonds is 3. The van der Waals surface area contributed by atoms with Crippen LogP contribution in [0.4, 0.5) is 0 Å². The third-order valence-electron chi connectivity index (χ3n) is 4.98. The molecule has 116 valence electrons. The minimum absolute atomic E-state index is 0.107. The van der Waals surface area contributed by atoms with Crippen LogP contribution in [-0.2, 0) is 4.79 Å². The second kappa shape index (κ2) is 6.32. The van der Waals surface area contributed by atoms with Crippen LogP contribution in [0.15, 0.2) is 23.9 Å². The first-order chi connectivity index (χ1) is 10.2. The lowest BCUT2D eigenvalue weighted by atomic mass is 10.1. The Bertz CT molecular complexity index is 447. The Morgan fingerprint density at radius 2 is 1.86 bits per heavy atom. The smallest absolute Gasteiger partial charge is 0.244 e. The van der Waals surface area contributed by atoms with Crippen molar-refractivity contribution >= 4 is 5.91 Å². The zero-order valence-corrected chi connectivity index (χ0v) is 13.3. The summed E-state index contributed by atoms with van der Waals surface area (Å²) in [5.74, 6) is 0.311. The number of hydrogen-bond acceptors (Lipinski definition) is 3. The molecule has 0 bridgehead atoms. The molecule has 0 aromatic heterocycles. The molecule has 0 spiro atoms. The average Bonchev–Trinajstić information content (AvgIpc) is 2.90. The first-order valence-electron chi connectivity index (χ1n) is 8.33. The maximum Gasteiger partial charge on any atom is 0.244 e. The Hall–Kier alpha value is -1.13. The average molecular weight is 289 g/mol. The van der Waals surface area contributed by atoms with Crippen LogP contribution in [0.2, 0.25) is 0 Å². The number of nitrogens with zero attached hydrogens (tertiary/aromatic N) is 3. The Labute approximate surface area is 128 Å². The summed E-state index contributed by atoms with van der Waals surface area (Å²) < 4.78 is 0.